The van der Waals surface area contributed by atoms with Crippen LogP contribution >= 0.6 is 0 Å². The van der Waals surface area contributed by atoms with Crippen molar-refractivity contribution in [2.24, 2.45) is 7.05 Å². The van der Waals surface area contributed by atoms with Crippen molar-refractivity contribution in [3.63, 3.8) is 0 Å². The lowest BCUT2D eigenvalue weighted by Gasteiger charge is -2.16. The quantitative estimate of drug-likeness (QED) is 0.537. The highest BCUT2D eigenvalue weighted by Crippen LogP contribution is 2.30. The molecule has 0 fully saturated rings. The number of aromatic nitrogens is 2. The fourth-order valence-corrected chi connectivity index (χ4v) is 3.41. The molecule has 0 aliphatic carbocycles. The van der Waals surface area contributed by atoms with Gasteiger partial charge in [0.1, 0.15) is 5.82 Å². The molecule has 6 heteroatoms. The Morgan fingerprint density at radius 1 is 1.13 bits per heavy atom. The molecule has 1 N–H and O–H groups in total. The largest absolute Gasteiger partial charge is 0.343 e. The first-order chi connectivity index (χ1) is 14.5. The van der Waals surface area contributed by atoms with Crippen molar-refractivity contribution in [2.45, 2.75) is 6.92 Å². The minimum Gasteiger partial charge on any atom is -0.343 e. The van der Waals surface area contributed by atoms with Crippen LogP contribution in [-0.4, -0.2) is 22.5 Å². The molecule has 4 aromatic rings. The third kappa shape index (κ3) is 3.61. The summed E-state index contributed by atoms with van der Waals surface area (Å²) in [6, 6.07) is 21.4. The lowest BCUT2D eigenvalue weighted by Crippen LogP contribution is -2.22. The van der Waals surface area contributed by atoms with Gasteiger partial charge in [0.15, 0.2) is 0 Å². The maximum atomic E-state index is 11.7. The summed E-state index contributed by atoms with van der Waals surface area (Å²) < 4.78 is 2.12. The molecule has 0 bridgehead atoms. The number of hydrogen-bond acceptors (Lipinski definition) is 4. The Hall–Kier alpha value is -4.11. The summed E-state index contributed by atoms with van der Waals surface area (Å²) in [6.45, 7) is 1.55. The van der Waals surface area contributed by atoms with Crippen LogP contribution in [0.15, 0.2) is 66.9 Å². The Bertz CT molecular complexity index is 1280. The highest BCUT2D eigenvalue weighted by Gasteiger charge is 2.12. The number of rotatable bonds is 4. The van der Waals surface area contributed by atoms with Crippen LogP contribution in [0.1, 0.15) is 12.5 Å². The van der Waals surface area contributed by atoms with E-state index in [1.807, 2.05) is 55.7 Å². The summed E-state index contributed by atoms with van der Waals surface area (Å²) in [5, 5.41) is 13.2. The molecule has 4 rings (SSSR count). The highest BCUT2D eigenvalue weighted by molar-refractivity contribution is 5.93. The molecule has 1 amide bonds. The normalized spacial score (nSPS) is 10.6. The van der Waals surface area contributed by atoms with Crippen molar-refractivity contribution in [3.05, 3.63) is 72.4 Å². The number of amides is 1. The Kier molecular flexibility index (Phi) is 4.95. The lowest BCUT2D eigenvalue weighted by molar-refractivity contribution is -0.116. The monoisotopic (exact) mass is 395 g/mol. The van der Waals surface area contributed by atoms with Crippen LogP contribution in [0, 0.1) is 11.3 Å². The number of pyridine rings is 1. The first-order valence-electron chi connectivity index (χ1n) is 9.53. The molecule has 0 saturated heterocycles. The maximum Gasteiger partial charge on any atom is 0.223 e. The number of carbonyl (C=O) groups is 1. The second-order valence-electron chi connectivity index (χ2n) is 7.16. The average Bonchev–Trinajstić information content (AvgIpc) is 3.10. The Balaban J connectivity index is 1.68. The van der Waals surface area contributed by atoms with E-state index in [0.29, 0.717) is 5.56 Å². The zero-order valence-corrected chi connectivity index (χ0v) is 17.0. The van der Waals surface area contributed by atoms with E-state index >= 15 is 0 Å². The molecule has 0 aliphatic rings. The molecule has 0 unspecified atom stereocenters. The Labute approximate surface area is 175 Å². The van der Waals surface area contributed by atoms with E-state index < -0.39 is 0 Å². The highest BCUT2D eigenvalue weighted by atomic mass is 16.2. The number of nitriles is 1. The molecule has 2 heterocycles. The number of nitrogens with zero attached hydrogens (tertiary/aromatic N) is 4. The fourth-order valence-electron chi connectivity index (χ4n) is 3.41. The molecule has 2 aromatic carbocycles. The number of fused-ring (bicyclic) bond motifs is 1. The molecule has 0 atom stereocenters. The van der Waals surface area contributed by atoms with E-state index in [1.165, 1.54) is 0 Å². The minimum absolute atomic E-state index is 0.00749. The van der Waals surface area contributed by atoms with Crippen molar-refractivity contribution in [2.75, 3.05) is 17.3 Å². The predicted octanol–water partition coefficient (Wildman–Crippen LogP) is 4.84. The van der Waals surface area contributed by atoms with Crippen molar-refractivity contribution < 1.29 is 4.79 Å². The molecule has 0 spiro atoms. The number of hydrogen-bond donors (Lipinski definition) is 1. The molecular formula is C24H21N5O. The molecule has 0 radical (unpaired) electrons. The Morgan fingerprint density at radius 2 is 1.90 bits per heavy atom. The zero-order valence-electron chi connectivity index (χ0n) is 17.0. The van der Waals surface area contributed by atoms with Crippen LogP contribution in [0.5, 0.6) is 0 Å². The number of anilines is 3. The molecular weight excluding hydrogens is 374 g/mol. The van der Waals surface area contributed by atoms with E-state index in [9.17, 15) is 4.79 Å². The van der Waals surface area contributed by atoms with Gasteiger partial charge < -0.3 is 14.8 Å². The van der Waals surface area contributed by atoms with Gasteiger partial charge in [-0.1, -0.05) is 12.1 Å². The summed E-state index contributed by atoms with van der Waals surface area (Å²) >= 11 is 0. The van der Waals surface area contributed by atoms with Crippen LogP contribution in [0.25, 0.3) is 22.2 Å². The van der Waals surface area contributed by atoms with Gasteiger partial charge in [0.2, 0.25) is 5.91 Å². The SMILES string of the molecule is CC(=O)N(C)c1cccc(-c2cc3cnc(Nc4ccc(C#N)cc4)cc3n2C)c1. The van der Waals surface area contributed by atoms with Gasteiger partial charge in [0.05, 0.1) is 17.1 Å². The van der Waals surface area contributed by atoms with Gasteiger partial charge in [0.25, 0.3) is 0 Å². The minimum atomic E-state index is -0.00749. The Morgan fingerprint density at radius 3 is 2.60 bits per heavy atom. The van der Waals surface area contributed by atoms with E-state index in [0.717, 1.165) is 39.4 Å². The zero-order chi connectivity index (χ0) is 21.3. The second kappa shape index (κ2) is 7.72. The molecule has 30 heavy (non-hydrogen) atoms. The predicted molar refractivity (Wildman–Crippen MR) is 120 cm³/mol. The standard InChI is InChI=1S/C24H21N5O/c1-16(30)28(2)21-6-4-5-18(11-21)22-12-19-15-26-24(13-23(19)29(22)3)27-20-9-7-17(14-25)8-10-20/h4-13,15H,1-3H3,(H,26,27). The van der Waals surface area contributed by atoms with Crippen molar-refractivity contribution in [1.29, 1.82) is 5.26 Å². The van der Waals surface area contributed by atoms with Crippen LogP contribution in [0.2, 0.25) is 0 Å². The topological polar surface area (TPSA) is 74.0 Å². The van der Waals surface area contributed by atoms with Gasteiger partial charge in [0, 0.05) is 61.3 Å². The molecule has 0 aliphatic heterocycles. The van der Waals surface area contributed by atoms with Crippen LogP contribution in [-0.2, 0) is 11.8 Å². The maximum absolute atomic E-state index is 11.7. The number of nitrogens with one attached hydrogen (secondary N) is 1. The first kappa shape index (κ1) is 19.2. The summed E-state index contributed by atoms with van der Waals surface area (Å²) in [5.74, 6) is 0.719. The van der Waals surface area contributed by atoms with Crippen molar-refractivity contribution >= 4 is 34.0 Å². The smallest absolute Gasteiger partial charge is 0.223 e. The van der Waals surface area contributed by atoms with Crippen LogP contribution in [0.4, 0.5) is 17.2 Å². The van der Waals surface area contributed by atoms with Crippen LogP contribution < -0.4 is 10.2 Å². The fraction of sp³-hybridized carbons (Fsp3) is 0.125. The van der Waals surface area contributed by atoms with E-state index in [4.69, 9.17) is 5.26 Å². The number of benzene rings is 2. The van der Waals surface area contributed by atoms with E-state index in [-0.39, 0.29) is 5.91 Å². The average molecular weight is 395 g/mol. The van der Waals surface area contributed by atoms with Gasteiger partial charge in [-0.05, 0) is 42.5 Å². The van der Waals surface area contributed by atoms with Gasteiger partial charge in [-0.15, -0.1) is 0 Å². The third-order valence-corrected chi connectivity index (χ3v) is 5.21. The first-order valence-corrected chi connectivity index (χ1v) is 9.53. The third-order valence-electron chi connectivity index (χ3n) is 5.21. The molecule has 148 valence electrons. The van der Waals surface area contributed by atoms with Crippen molar-refractivity contribution in [1.82, 2.24) is 9.55 Å². The van der Waals surface area contributed by atoms with Gasteiger partial charge in [-0.2, -0.15) is 5.26 Å². The van der Waals surface area contributed by atoms with Crippen LogP contribution in [0.3, 0.4) is 0 Å². The van der Waals surface area contributed by atoms with Gasteiger partial charge in [-0.25, -0.2) is 4.98 Å². The molecule has 0 saturated carbocycles. The van der Waals surface area contributed by atoms with Crippen molar-refractivity contribution in [3.8, 4) is 17.3 Å². The van der Waals surface area contributed by atoms with Gasteiger partial charge in [-0.3, -0.25) is 4.79 Å². The summed E-state index contributed by atoms with van der Waals surface area (Å²) in [4.78, 5) is 17.9. The number of carbonyl (C=O) groups excluding carboxylic acids is 1. The molecule has 6 nitrogen and oxygen atoms in total. The summed E-state index contributed by atoms with van der Waals surface area (Å²) in [6.07, 6.45) is 1.84. The van der Waals surface area contributed by atoms with Gasteiger partial charge >= 0.3 is 0 Å². The number of aryl methyl sites for hydroxylation is 1. The lowest BCUT2D eigenvalue weighted by atomic mass is 10.1. The molecule has 2 aromatic heterocycles. The second-order valence-corrected chi connectivity index (χ2v) is 7.16. The van der Waals surface area contributed by atoms with E-state index in [2.05, 4.69) is 27.0 Å². The summed E-state index contributed by atoms with van der Waals surface area (Å²) in [7, 11) is 3.79. The van der Waals surface area contributed by atoms with E-state index in [1.54, 1.807) is 31.0 Å². The summed E-state index contributed by atoms with van der Waals surface area (Å²) in [5.41, 5.74) is 5.46.